The lowest BCUT2D eigenvalue weighted by Crippen LogP contribution is -1.91. The Morgan fingerprint density at radius 1 is 1.10 bits per heavy atom. The monoisotopic (exact) mass is 283 g/mol. The maximum atomic E-state index is 10.9. The minimum atomic E-state index is -0.416. The molecule has 0 saturated heterocycles. The number of fused-ring (bicyclic) bond motifs is 1. The Morgan fingerprint density at radius 3 is 2.75 bits per heavy atom. The number of nitro groups is 1. The molecule has 0 aliphatic heterocycles. The Bertz CT molecular complexity index is 778. The van der Waals surface area contributed by atoms with Gasteiger partial charge in [-0.2, -0.15) is 0 Å². The third kappa shape index (κ3) is 2.46. The summed E-state index contributed by atoms with van der Waals surface area (Å²) in [4.78, 5) is 19.9. The number of pyridine rings is 2. The molecule has 0 radical (unpaired) electrons. The lowest BCUT2D eigenvalue weighted by Gasteiger charge is -2.03. The fourth-order valence-corrected chi connectivity index (χ4v) is 2.65. The first-order valence-electron chi connectivity index (χ1n) is 5.86. The molecule has 0 bridgehead atoms. The summed E-state index contributed by atoms with van der Waals surface area (Å²) in [7, 11) is 0. The van der Waals surface area contributed by atoms with E-state index < -0.39 is 4.92 Å². The van der Waals surface area contributed by atoms with Gasteiger partial charge in [-0.15, -0.1) is 0 Å². The molecular formula is C14H9N3O2S. The van der Waals surface area contributed by atoms with Gasteiger partial charge in [-0.3, -0.25) is 10.1 Å². The zero-order valence-corrected chi connectivity index (χ0v) is 11.1. The molecule has 1 aromatic carbocycles. The fraction of sp³-hybridized carbons (Fsp3) is 0. The number of aromatic nitrogens is 2. The Balaban J connectivity index is 2.01. The van der Waals surface area contributed by atoms with Gasteiger partial charge in [-0.1, -0.05) is 30.0 Å². The van der Waals surface area contributed by atoms with Crippen LogP contribution in [0.15, 0.2) is 64.8 Å². The van der Waals surface area contributed by atoms with Crippen LogP contribution in [0.3, 0.4) is 0 Å². The second kappa shape index (κ2) is 5.26. The van der Waals surface area contributed by atoms with Gasteiger partial charge < -0.3 is 0 Å². The average molecular weight is 283 g/mol. The van der Waals surface area contributed by atoms with Gasteiger partial charge >= 0.3 is 0 Å². The van der Waals surface area contributed by atoms with Crippen molar-refractivity contribution in [3.63, 3.8) is 0 Å². The van der Waals surface area contributed by atoms with E-state index in [4.69, 9.17) is 0 Å². The molecule has 0 N–H and O–H groups in total. The first-order valence-corrected chi connectivity index (χ1v) is 6.68. The number of nitro benzene ring substituents is 1. The van der Waals surface area contributed by atoms with Crippen molar-refractivity contribution in [3.8, 4) is 0 Å². The van der Waals surface area contributed by atoms with Crippen LogP contribution < -0.4 is 0 Å². The van der Waals surface area contributed by atoms with Crippen molar-refractivity contribution in [2.75, 3.05) is 0 Å². The van der Waals surface area contributed by atoms with Crippen LogP contribution in [0, 0.1) is 10.1 Å². The molecule has 0 saturated carbocycles. The van der Waals surface area contributed by atoms with Gasteiger partial charge in [0.1, 0.15) is 10.5 Å². The Hall–Kier alpha value is -2.47. The van der Waals surface area contributed by atoms with Gasteiger partial charge in [0, 0.05) is 28.7 Å². The summed E-state index contributed by atoms with van der Waals surface area (Å²) in [5.41, 5.74) is 0.430. The molecule has 0 aliphatic rings. The molecular weight excluding hydrogens is 274 g/mol. The smallest absolute Gasteiger partial charge is 0.258 e. The van der Waals surface area contributed by atoms with Crippen LogP contribution >= 0.6 is 11.8 Å². The van der Waals surface area contributed by atoms with Gasteiger partial charge in [0.2, 0.25) is 0 Å². The average Bonchev–Trinajstić information content (AvgIpc) is 2.47. The van der Waals surface area contributed by atoms with Crippen molar-refractivity contribution in [1.82, 2.24) is 9.97 Å². The standard InChI is InChI=1S/C14H9N3O2S/c18-17(19)12-5-3-4-10-8-11(9-16-14(10)12)20-13-6-1-2-7-15-13/h1-9H. The summed E-state index contributed by atoms with van der Waals surface area (Å²) in [6.07, 6.45) is 3.36. The Morgan fingerprint density at radius 2 is 2.00 bits per heavy atom. The van der Waals surface area contributed by atoms with E-state index in [1.54, 1.807) is 18.5 Å². The first kappa shape index (κ1) is 12.6. The van der Waals surface area contributed by atoms with Crippen LogP contribution in [0.5, 0.6) is 0 Å². The second-order valence-corrected chi connectivity index (χ2v) is 5.14. The van der Waals surface area contributed by atoms with Crippen molar-refractivity contribution in [2.45, 2.75) is 9.92 Å². The molecule has 0 unspecified atom stereocenters. The highest BCUT2D eigenvalue weighted by Gasteiger charge is 2.12. The third-order valence-electron chi connectivity index (χ3n) is 2.72. The zero-order chi connectivity index (χ0) is 13.9. The number of rotatable bonds is 3. The summed E-state index contributed by atoms with van der Waals surface area (Å²) in [6.45, 7) is 0. The third-order valence-corrected chi connectivity index (χ3v) is 3.63. The predicted molar refractivity (Wildman–Crippen MR) is 76.8 cm³/mol. The van der Waals surface area contributed by atoms with Crippen molar-refractivity contribution in [3.05, 3.63) is 65.0 Å². The highest BCUT2D eigenvalue weighted by atomic mass is 32.2. The van der Waals surface area contributed by atoms with Crippen molar-refractivity contribution in [2.24, 2.45) is 0 Å². The second-order valence-electron chi connectivity index (χ2n) is 4.05. The van der Waals surface area contributed by atoms with Gasteiger partial charge in [0.25, 0.3) is 5.69 Å². The number of hydrogen-bond acceptors (Lipinski definition) is 5. The first-order chi connectivity index (χ1) is 9.74. The van der Waals surface area contributed by atoms with Gasteiger partial charge in [-0.25, -0.2) is 9.97 Å². The molecule has 0 atom stereocenters. The largest absolute Gasteiger partial charge is 0.295 e. The van der Waals surface area contributed by atoms with Crippen LogP contribution in [0.2, 0.25) is 0 Å². The van der Waals surface area contributed by atoms with Crippen LogP contribution in [-0.4, -0.2) is 14.9 Å². The summed E-state index contributed by atoms with van der Waals surface area (Å²) < 4.78 is 0. The van der Waals surface area contributed by atoms with Gasteiger partial charge in [0.05, 0.1) is 4.92 Å². The van der Waals surface area contributed by atoms with E-state index in [2.05, 4.69) is 9.97 Å². The summed E-state index contributed by atoms with van der Waals surface area (Å²) in [5, 5.41) is 12.6. The SMILES string of the molecule is O=[N+]([O-])c1cccc2cc(Sc3ccccn3)cnc12. The van der Waals surface area contributed by atoms with Gasteiger partial charge in [0.15, 0.2) is 0 Å². The normalized spacial score (nSPS) is 10.6. The summed E-state index contributed by atoms with van der Waals surface area (Å²) in [5.74, 6) is 0. The maximum absolute atomic E-state index is 10.9. The van der Waals surface area contributed by atoms with Crippen LogP contribution in [0.1, 0.15) is 0 Å². The van der Waals surface area contributed by atoms with E-state index in [1.165, 1.54) is 17.8 Å². The minimum Gasteiger partial charge on any atom is -0.258 e. The molecule has 0 aliphatic carbocycles. The van der Waals surface area contributed by atoms with Crippen molar-refractivity contribution >= 4 is 28.4 Å². The van der Waals surface area contributed by atoms with E-state index >= 15 is 0 Å². The van der Waals surface area contributed by atoms with E-state index in [0.29, 0.717) is 5.52 Å². The lowest BCUT2D eigenvalue weighted by atomic mass is 10.2. The predicted octanol–water partition coefficient (Wildman–Crippen LogP) is 3.69. The maximum Gasteiger partial charge on any atom is 0.295 e. The number of nitrogens with zero attached hydrogens (tertiary/aromatic N) is 3. The molecule has 0 fully saturated rings. The minimum absolute atomic E-state index is 0.0249. The summed E-state index contributed by atoms with van der Waals surface area (Å²) in [6, 6.07) is 12.5. The molecule has 2 aromatic heterocycles. The number of hydrogen-bond donors (Lipinski definition) is 0. The summed E-state index contributed by atoms with van der Waals surface area (Å²) >= 11 is 1.47. The molecule has 2 heterocycles. The Labute approximate surface area is 118 Å². The molecule has 3 aromatic rings. The molecule has 20 heavy (non-hydrogen) atoms. The lowest BCUT2D eigenvalue weighted by molar-refractivity contribution is -0.383. The zero-order valence-electron chi connectivity index (χ0n) is 10.3. The van der Waals surface area contributed by atoms with E-state index in [0.717, 1.165) is 15.3 Å². The highest BCUT2D eigenvalue weighted by molar-refractivity contribution is 7.99. The molecule has 6 heteroatoms. The molecule has 3 rings (SSSR count). The Kier molecular flexibility index (Phi) is 3.30. The van der Waals surface area contributed by atoms with Crippen LogP contribution in [0.25, 0.3) is 10.9 Å². The number of non-ortho nitro benzene ring substituents is 1. The fourth-order valence-electron chi connectivity index (χ4n) is 1.86. The highest BCUT2D eigenvalue weighted by Crippen LogP contribution is 2.30. The topological polar surface area (TPSA) is 68.9 Å². The quantitative estimate of drug-likeness (QED) is 0.541. The van der Waals surface area contributed by atoms with Crippen molar-refractivity contribution < 1.29 is 4.92 Å². The molecule has 5 nitrogen and oxygen atoms in total. The molecule has 98 valence electrons. The number of benzene rings is 1. The van der Waals surface area contributed by atoms with E-state index in [9.17, 15) is 10.1 Å². The molecule has 0 spiro atoms. The van der Waals surface area contributed by atoms with E-state index in [-0.39, 0.29) is 5.69 Å². The van der Waals surface area contributed by atoms with Crippen LogP contribution in [0.4, 0.5) is 5.69 Å². The van der Waals surface area contributed by atoms with Crippen LogP contribution in [-0.2, 0) is 0 Å². The number of para-hydroxylation sites is 1. The van der Waals surface area contributed by atoms with Crippen molar-refractivity contribution in [1.29, 1.82) is 0 Å². The van der Waals surface area contributed by atoms with E-state index in [1.807, 2.05) is 30.3 Å². The molecule has 0 amide bonds. The van der Waals surface area contributed by atoms with Gasteiger partial charge in [-0.05, 0) is 18.2 Å².